The van der Waals surface area contributed by atoms with E-state index in [-0.39, 0.29) is 0 Å². The van der Waals surface area contributed by atoms with E-state index < -0.39 is 0 Å². The summed E-state index contributed by atoms with van der Waals surface area (Å²) in [6.07, 6.45) is 0. The summed E-state index contributed by atoms with van der Waals surface area (Å²) in [5, 5.41) is 3.86. The molecule has 0 fully saturated rings. The van der Waals surface area contributed by atoms with Crippen molar-refractivity contribution in [2.24, 2.45) is 0 Å². The lowest BCUT2D eigenvalue weighted by Crippen LogP contribution is -1.86. The molecule has 0 aromatic carbocycles. The van der Waals surface area contributed by atoms with Crippen LogP contribution >= 0.6 is 11.3 Å². The largest absolute Gasteiger partial charge is 0.375 e. The van der Waals surface area contributed by atoms with Crippen LogP contribution in [-0.4, -0.2) is 17.3 Å². The minimum atomic E-state index is 0.358. The molecule has 14 heavy (non-hydrogen) atoms. The predicted octanol–water partition coefficient (Wildman–Crippen LogP) is 2.25. The predicted molar refractivity (Wildman–Crippen MR) is 53.1 cm³/mol. The highest BCUT2D eigenvalue weighted by Gasteiger charge is 2.09. The Bertz CT molecular complexity index is 422. The second-order valence-corrected chi connectivity index (χ2v) is 4.14. The maximum absolute atomic E-state index is 4.99. The summed E-state index contributed by atoms with van der Waals surface area (Å²) in [5.74, 6) is 1.14. The van der Waals surface area contributed by atoms with E-state index >= 15 is 0 Å². The topological polar surface area (TPSA) is 48.2 Å². The van der Waals surface area contributed by atoms with Crippen LogP contribution in [-0.2, 0) is 11.3 Å². The Kier molecular flexibility index (Phi) is 2.60. The van der Waals surface area contributed by atoms with Crippen molar-refractivity contribution in [3.8, 4) is 10.7 Å². The van der Waals surface area contributed by atoms with Gasteiger partial charge in [0.15, 0.2) is 0 Å². The van der Waals surface area contributed by atoms with Gasteiger partial charge >= 0.3 is 0 Å². The molecule has 0 unspecified atom stereocenters. The molecule has 0 bridgehead atoms. The number of aromatic nitrogens is 2. The Morgan fingerprint density at radius 1 is 1.50 bits per heavy atom. The van der Waals surface area contributed by atoms with Gasteiger partial charge in [-0.2, -0.15) is 4.98 Å². The fourth-order valence-electron chi connectivity index (χ4n) is 1.09. The summed E-state index contributed by atoms with van der Waals surface area (Å²) < 4.78 is 9.88. The molecule has 4 nitrogen and oxygen atoms in total. The monoisotopic (exact) mass is 210 g/mol. The van der Waals surface area contributed by atoms with Gasteiger partial charge in [-0.15, -0.1) is 11.3 Å². The van der Waals surface area contributed by atoms with E-state index in [0.29, 0.717) is 18.3 Å². The average molecular weight is 210 g/mol. The van der Waals surface area contributed by atoms with Gasteiger partial charge in [-0.25, -0.2) is 0 Å². The molecule has 0 N–H and O–H groups in total. The highest BCUT2D eigenvalue weighted by molar-refractivity contribution is 7.15. The lowest BCUT2D eigenvalue weighted by Gasteiger charge is -1.86. The second-order valence-electron chi connectivity index (χ2n) is 2.86. The zero-order valence-corrected chi connectivity index (χ0v) is 8.80. The fraction of sp³-hybridized carbons (Fsp3) is 0.333. The smallest absolute Gasteiger partial charge is 0.252 e. The van der Waals surface area contributed by atoms with Gasteiger partial charge in [-0.1, -0.05) is 5.16 Å². The van der Waals surface area contributed by atoms with Crippen molar-refractivity contribution in [1.29, 1.82) is 0 Å². The van der Waals surface area contributed by atoms with Crippen LogP contribution in [0.3, 0.4) is 0 Å². The Labute approximate surface area is 85.5 Å². The fourth-order valence-corrected chi connectivity index (χ4v) is 1.88. The van der Waals surface area contributed by atoms with Gasteiger partial charge in [-0.05, 0) is 19.1 Å². The van der Waals surface area contributed by atoms with E-state index in [2.05, 4.69) is 10.1 Å². The lowest BCUT2D eigenvalue weighted by atomic mass is 10.4. The van der Waals surface area contributed by atoms with Gasteiger partial charge < -0.3 is 9.26 Å². The Morgan fingerprint density at radius 3 is 3.00 bits per heavy atom. The standard InChI is InChI=1S/C9H10N2O2S/c1-6-3-4-7(14-6)9-10-8(5-12-2)13-11-9/h3-4H,5H2,1-2H3. The number of nitrogens with zero attached hydrogens (tertiary/aromatic N) is 2. The van der Waals surface area contributed by atoms with Crippen LogP contribution in [0.1, 0.15) is 10.8 Å². The van der Waals surface area contributed by atoms with E-state index in [4.69, 9.17) is 9.26 Å². The maximum atomic E-state index is 4.99. The number of rotatable bonds is 3. The molecule has 2 aromatic heterocycles. The number of aryl methyl sites for hydroxylation is 1. The molecule has 2 aromatic rings. The lowest BCUT2D eigenvalue weighted by molar-refractivity contribution is 0.151. The summed E-state index contributed by atoms with van der Waals surface area (Å²) in [6.45, 7) is 2.40. The normalized spacial score (nSPS) is 10.7. The van der Waals surface area contributed by atoms with E-state index in [1.165, 1.54) is 4.88 Å². The third-order valence-electron chi connectivity index (χ3n) is 1.70. The number of ether oxygens (including phenoxy) is 1. The Hall–Kier alpha value is -1.20. The Morgan fingerprint density at radius 2 is 2.36 bits per heavy atom. The molecule has 0 aliphatic carbocycles. The third kappa shape index (κ3) is 1.83. The quantitative estimate of drug-likeness (QED) is 0.779. The highest BCUT2D eigenvalue weighted by Crippen LogP contribution is 2.24. The number of methoxy groups -OCH3 is 1. The van der Waals surface area contributed by atoms with Gasteiger partial charge in [0.2, 0.25) is 5.82 Å². The first-order valence-corrected chi connectivity index (χ1v) is 4.99. The number of thiophene rings is 1. The first kappa shape index (κ1) is 9.36. The van der Waals surface area contributed by atoms with Crippen LogP contribution < -0.4 is 0 Å². The van der Waals surface area contributed by atoms with Crippen molar-refractivity contribution in [2.75, 3.05) is 7.11 Å². The van der Waals surface area contributed by atoms with Crippen LogP contribution in [0.15, 0.2) is 16.7 Å². The maximum Gasteiger partial charge on any atom is 0.252 e. The van der Waals surface area contributed by atoms with Crippen LogP contribution in [0, 0.1) is 6.92 Å². The molecule has 0 aliphatic heterocycles. The highest BCUT2D eigenvalue weighted by atomic mass is 32.1. The summed E-state index contributed by atoms with van der Waals surface area (Å²) >= 11 is 1.65. The van der Waals surface area contributed by atoms with Gasteiger partial charge in [0.05, 0.1) is 4.88 Å². The molecule has 0 atom stereocenters. The molecule has 0 amide bonds. The van der Waals surface area contributed by atoms with Crippen LogP contribution in [0.5, 0.6) is 0 Å². The summed E-state index contributed by atoms with van der Waals surface area (Å²) in [4.78, 5) is 6.45. The van der Waals surface area contributed by atoms with Crippen molar-refractivity contribution in [3.05, 3.63) is 22.9 Å². The molecule has 0 saturated carbocycles. The molecular weight excluding hydrogens is 200 g/mol. The van der Waals surface area contributed by atoms with Crippen molar-refractivity contribution < 1.29 is 9.26 Å². The van der Waals surface area contributed by atoms with Crippen molar-refractivity contribution in [2.45, 2.75) is 13.5 Å². The molecule has 0 radical (unpaired) electrons. The molecular formula is C9H10N2O2S. The molecule has 0 saturated heterocycles. The SMILES string of the molecule is COCc1nc(-c2ccc(C)s2)no1. The second kappa shape index (κ2) is 3.89. The van der Waals surface area contributed by atoms with E-state index in [1.807, 2.05) is 19.1 Å². The van der Waals surface area contributed by atoms with E-state index in [0.717, 1.165) is 4.88 Å². The molecule has 2 heterocycles. The first-order valence-electron chi connectivity index (χ1n) is 4.18. The first-order chi connectivity index (χ1) is 6.79. The Balaban J connectivity index is 2.24. The van der Waals surface area contributed by atoms with Gasteiger partial charge in [0.1, 0.15) is 6.61 Å². The molecule has 2 rings (SSSR count). The van der Waals surface area contributed by atoms with Crippen LogP contribution in [0.4, 0.5) is 0 Å². The van der Waals surface area contributed by atoms with Crippen molar-refractivity contribution in [3.63, 3.8) is 0 Å². The molecule has 0 spiro atoms. The van der Waals surface area contributed by atoms with Gasteiger partial charge in [-0.3, -0.25) is 0 Å². The number of hydrogen-bond acceptors (Lipinski definition) is 5. The van der Waals surface area contributed by atoms with E-state index in [9.17, 15) is 0 Å². The van der Waals surface area contributed by atoms with Crippen LogP contribution in [0.2, 0.25) is 0 Å². The van der Waals surface area contributed by atoms with Gasteiger partial charge in [0.25, 0.3) is 5.89 Å². The number of hydrogen-bond donors (Lipinski definition) is 0. The molecule has 0 aliphatic rings. The average Bonchev–Trinajstić information content (AvgIpc) is 2.74. The minimum Gasteiger partial charge on any atom is -0.375 e. The van der Waals surface area contributed by atoms with Crippen molar-refractivity contribution >= 4 is 11.3 Å². The van der Waals surface area contributed by atoms with Crippen molar-refractivity contribution in [1.82, 2.24) is 10.1 Å². The molecule has 5 heteroatoms. The zero-order chi connectivity index (χ0) is 9.97. The minimum absolute atomic E-state index is 0.358. The van der Waals surface area contributed by atoms with E-state index in [1.54, 1.807) is 18.4 Å². The van der Waals surface area contributed by atoms with Gasteiger partial charge in [0, 0.05) is 12.0 Å². The summed E-state index contributed by atoms with van der Waals surface area (Å²) in [6, 6.07) is 4.02. The zero-order valence-electron chi connectivity index (χ0n) is 7.98. The summed E-state index contributed by atoms with van der Waals surface area (Å²) in [7, 11) is 1.60. The van der Waals surface area contributed by atoms with Crippen LogP contribution in [0.25, 0.3) is 10.7 Å². The summed E-state index contributed by atoms with van der Waals surface area (Å²) in [5.41, 5.74) is 0. The molecule has 74 valence electrons. The third-order valence-corrected chi connectivity index (χ3v) is 2.69.